The van der Waals surface area contributed by atoms with Crippen LogP contribution in [0.4, 0.5) is 10.1 Å². The zero-order chi connectivity index (χ0) is 19.7. The average molecular weight is 374 g/mol. The van der Waals surface area contributed by atoms with Gasteiger partial charge in [0.2, 0.25) is 0 Å². The number of rotatable bonds is 5. The summed E-state index contributed by atoms with van der Waals surface area (Å²) in [5.41, 5.74) is 6.77. The molecular formula is C24H23FN2O. The highest BCUT2D eigenvalue weighted by atomic mass is 19.1. The van der Waals surface area contributed by atoms with Crippen molar-refractivity contribution in [2.24, 2.45) is 0 Å². The van der Waals surface area contributed by atoms with Gasteiger partial charge in [0, 0.05) is 28.7 Å². The lowest BCUT2D eigenvalue weighted by molar-refractivity contribution is 0.416. The van der Waals surface area contributed by atoms with E-state index in [1.807, 2.05) is 24.3 Å². The van der Waals surface area contributed by atoms with Crippen LogP contribution in [0.1, 0.15) is 16.7 Å². The zero-order valence-corrected chi connectivity index (χ0v) is 16.3. The summed E-state index contributed by atoms with van der Waals surface area (Å²) < 4.78 is 19.4. The van der Waals surface area contributed by atoms with E-state index >= 15 is 0 Å². The summed E-state index contributed by atoms with van der Waals surface area (Å²) in [6.07, 6.45) is 0. The van der Waals surface area contributed by atoms with Gasteiger partial charge in [-0.1, -0.05) is 29.8 Å². The molecule has 3 aromatic carbocycles. The van der Waals surface area contributed by atoms with Gasteiger partial charge < -0.3 is 15.0 Å². The van der Waals surface area contributed by atoms with Gasteiger partial charge in [0.05, 0.1) is 12.8 Å². The Morgan fingerprint density at radius 1 is 1.00 bits per heavy atom. The van der Waals surface area contributed by atoms with E-state index in [9.17, 15) is 4.39 Å². The fraction of sp³-hybridized carbons (Fsp3) is 0.167. The number of aryl methyl sites for hydroxylation is 2. The van der Waals surface area contributed by atoms with Gasteiger partial charge in [0.25, 0.3) is 0 Å². The molecule has 0 aliphatic heterocycles. The number of H-pyrrole nitrogens is 1. The maximum atomic E-state index is 13.9. The number of aromatic amines is 1. The Hall–Kier alpha value is -3.27. The molecule has 0 saturated carbocycles. The Kier molecular flexibility index (Phi) is 4.78. The van der Waals surface area contributed by atoms with Crippen LogP contribution in [0.3, 0.4) is 0 Å². The van der Waals surface area contributed by atoms with Crippen molar-refractivity contribution in [3.05, 3.63) is 83.2 Å². The van der Waals surface area contributed by atoms with Crippen LogP contribution in [-0.2, 0) is 6.54 Å². The number of aromatic nitrogens is 1. The Bertz CT molecular complexity index is 1110. The molecule has 0 unspecified atom stereocenters. The topological polar surface area (TPSA) is 37.0 Å². The number of ether oxygens (including phenoxy) is 1. The second-order valence-electron chi connectivity index (χ2n) is 7.13. The molecule has 4 aromatic rings. The van der Waals surface area contributed by atoms with Crippen LogP contribution in [0, 0.1) is 19.7 Å². The molecule has 0 atom stereocenters. The van der Waals surface area contributed by atoms with Crippen LogP contribution >= 0.6 is 0 Å². The number of benzene rings is 3. The van der Waals surface area contributed by atoms with Crippen molar-refractivity contribution in [3.63, 3.8) is 0 Å². The first-order chi connectivity index (χ1) is 13.5. The van der Waals surface area contributed by atoms with Crippen molar-refractivity contribution in [1.29, 1.82) is 0 Å². The fourth-order valence-corrected chi connectivity index (χ4v) is 3.46. The second kappa shape index (κ2) is 7.39. The summed E-state index contributed by atoms with van der Waals surface area (Å²) in [5, 5.41) is 4.47. The lowest BCUT2D eigenvalue weighted by Gasteiger charge is -2.13. The van der Waals surface area contributed by atoms with Crippen molar-refractivity contribution in [3.8, 4) is 17.0 Å². The molecule has 4 rings (SSSR count). The fourth-order valence-electron chi connectivity index (χ4n) is 3.46. The van der Waals surface area contributed by atoms with E-state index in [2.05, 4.69) is 47.6 Å². The third kappa shape index (κ3) is 3.58. The largest absolute Gasteiger partial charge is 0.495 e. The van der Waals surface area contributed by atoms with E-state index < -0.39 is 0 Å². The Labute approximate surface area is 164 Å². The van der Waals surface area contributed by atoms with Gasteiger partial charge in [-0.3, -0.25) is 0 Å². The number of methoxy groups -OCH3 is 1. The number of anilines is 1. The van der Waals surface area contributed by atoms with Crippen LogP contribution in [0.25, 0.3) is 22.2 Å². The summed E-state index contributed by atoms with van der Waals surface area (Å²) in [6.45, 7) is 4.58. The van der Waals surface area contributed by atoms with E-state index in [0.29, 0.717) is 12.1 Å². The minimum atomic E-state index is -0.198. The smallest absolute Gasteiger partial charge is 0.142 e. The highest BCUT2D eigenvalue weighted by Gasteiger charge is 2.10. The molecule has 28 heavy (non-hydrogen) atoms. The van der Waals surface area contributed by atoms with Crippen LogP contribution in [-0.4, -0.2) is 12.1 Å². The number of fused-ring (bicyclic) bond motifs is 1. The highest BCUT2D eigenvalue weighted by molar-refractivity contribution is 5.87. The predicted octanol–water partition coefficient (Wildman–Crippen LogP) is 6.21. The molecule has 0 fully saturated rings. The molecule has 0 spiro atoms. The lowest BCUT2D eigenvalue weighted by atomic mass is 10.1. The van der Waals surface area contributed by atoms with Gasteiger partial charge in [-0.15, -0.1) is 0 Å². The summed E-state index contributed by atoms with van der Waals surface area (Å²) in [5.74, 6) is 0.588. The Morgan fingerprint density at radius 2 is 1.86 bits per heavy atom. The van der Waals surface area contributed by atoms with Crippen LogP contribution in [0.15, 0.2) is 60.7 Å². The van der Waals surface area contributed by atoms with Gasteiger partial charge in [-0.2, -0.15) is 0 Å². The Balaban J connectivity index is 1.66. The molecular weight excluding hydrogens is 351 g/mol. The SMILES string of the molecule is COc1ccc(-c2cc3cc(C)c(F)cc3[nH]2)cc1NCc1cccc(C)c1. The number of halogens is 1. The lowest BCUT2D eigenvalue weighted by Crippen LogP contribution is -2.02. The molecule has 142 valence electrons. The molecule has 4 heteroatoms. The van der Waals surface area contributed by atoms with Gasteiger partial charge >= 0.3 is 0 Å². The highest BCUT2D eigenvalue weighted by Crippen LogP contribution is 2.32. The standard InChI is InChI=1S/C24H23FN2O/c1-15-5-4-6-17(9-15)14-26-23-11-18(7-8-24(23)28-3)21-12-19-10-16(2)20(25)13-22(19)27-21/h4-13,26-27H,14H2,1-3H3. The average Bonchev–Trinajstić information content (AvgIpc) is 3.09. The maximum Gasteiger partial charge on any atom is 0.142 e. The molecule has 2 N–H and O–H groups in total. The molecule has 0 saturated heterocycles. The van der Waals surface area contributed by atoms with E-state index in [-0.39, 0.29) is 5.82 Å². The molecule has 1 heterocycles. The van der Waals surface area contributed by atoms with Crippen molar-refractivity contribution >= 4 is 16.6 Å². The van der Waals surface area contributed by atoms with Gasteiger partial charge in [0.1, 0.15) is 11.6 Å². The van der Waals surface area contributed by atoms with Crippen LogP contribution < -0.4 is 10.1 Å². The molecule has 0 aliphatic rings. The monoisotopic (exact) mass is 374 g/mol. The third-order valence-electron chi connectivity index (χ3n) is 4.98. The number of nitrogens with one attached hydrogen (secondary N) is 2. The first-order valence-corrected chi connectivity index (χ1v) is 9.30. The molecule has 1 aromatic heterocycles. The summed E-state index contributed by atoms with van der Waals surface area (Å²) >= 11 is 0. The first kappa shape index (κ1) is 18.1. The van der Waals surface area contributed by atoms with Gasteiger partial charge in [0.15, 0.2) is 0 Å². The molecule has 0 radical (unpaired) electrons. The number of hydrogen-bond acceptors (Lipinski definition) is 2. The molecule has 3 nitrogen and oxygen atoms in total. The summed E-state index contributed by atoms with van der Waals surface area (Å²) in [6, 6.07) is 19.9. The van der Waals surface area contributed by atoms with Crippen molar-refractivity contribution in [2.45, 2.75) is 20.4 Å². The van der Waals surface area contributed by atoms with Crippen LogP contribution in [0.5, 0.6) is 5.75 Å². The first-order valence-electron chi connectivity index (χ1n) is 9.30. The molecule has 0 amide bonds. The summed E-state index contributed by atoms with van der Waals surface area (Å²) in [7, 11) is 1.67. The molecule has 0 aliphatic carbocycles. The second-order valence-corrected chi connectivity index (χ2v) is 7.13. The minimum Gasteiger partial charge on any atom is -0.495 e. The number of hydrogen-bond donors (Lipinski definition) is 2. The zero-order valence-electron chi connectivity index (χ0n) is 16.3. The molecule has 0 bridgehead atoms. The maximum absolute atomic E-state index is 13.9. The quantitative estimate of drug-likeness (QED) is 0.436. The normalized spacial score (nSPS) is 11.0. The third-order valence-corrected chi connectivity index (χ3v) is 4.98. The Morgan fingerprint density at radius 3 is 2.64 bits per heavy atom. The van der Waals surface area contributed by atoms with Crippen molar-refractivity contribution < 1.29 is 9.13 Å². The van der Waals surface area contributed by atoms with Gasteiger partial charge in [-0.25, -0.2) is 4.39 Å². The van der Waals surface area contributed by atoms with Gasteiger partial charge in [-0.05, 0) is 61.4 Å². The van der Waals surface area contributed by atoms with E-state index in [1.165, 1.54) is 11.1 Å². The van der Waals surface area contributed by atoms with E-state index in [4.69, 9.17) is 4.74 Å². The predicted molar refractivity (Wildman–Crippen MR) is 113 cm³/mol. The minimum absolute atomic E-state index is 0.198. The summed E-state index contributed by atoms with van der Waals surface area (Å²) in [4.78, 5) is 3.32. The van der Waals surface area contributed by atoms with E-state index in [0.717, 1.165) is 33.6 Å². The van der Waals surface area contributed by atoms with Crippen LogP contribution in [0.2, 0.25) is 0 Å². The van der Waals surface area contributed by atoms with Crippen molar-refractivity contribution in [2.75, 3.05) is 12.4 Å². The van der Waals surface area contributed by atoms with Crippen molar-refractivity contribution in [1.82, 2.24) is 4.98 Å². The van der Waals surface area contributed by atoms with E-state index in [1.54, 1.807) is 20.1 Å².